The summed E-state index contributed by atoms with van der Waals surface area (Å²) in [6.07, 6.45) is -0.0957. The number of nitrogens with zero attached hydrogens (tertiary/aromatic N) is 1. The van der Waals surface area contributed by atoms with Gasteiger partial charge in [-0.15, -0.1) is 0 Å². The number of nitro benzene ring substituents is 1. The highest BCUT2D eigenvalue weighted by Crippen LogP contribution is 2.31. The molecular formula is C17H17BrN2O5. The van der Waals surface area contributed by atoms with Crippen LogP contribution in [0.1, 0.15) is 24.2 Å². The van der Waals surface area contributed by atoms with E-state index in [1.165, 1.54) is 25.3 Å². The molecule has 0 bridgehead atoms. The summed E-state index contributed by atoms with van der Waals surface area (Å²) in [5.74, 6) is 0.226. The quantitative estimate of drug-likeness (QED) is 0.564. The number of hydrogen-bond donors (Lipinski definition) is 1. The van der Waals surface area contributed by atoms with Gasteiger partial charge in [0.05, 0.1) is 35.5 Å². The summed E-state index contributed by atoms with van der Waals surface area (Å²) in [6.45, 7) is 3.73. The molecule has 0 heterocycles. The van der Waals surface area contributed by atoms with Gasteiger partial charge in [-0.25, -0.2) is 0 Å². The van der Waals surface area contributed by atoms with Crippen LogP contribution in [0.5, 0.6) is 11.5 Å². The summed E-state index contributed by atoms with van der Waals surface area (Å²) in [5, 5.41) is 13.5. The smallest absolute Gasteiger partial charge is 0.273 e. The zero-order valence-electron chi connectivity index (χ0n) is 13.9. The van der Waals surface area contributed by atoms with Crippen molar-refractivity contribution in [3.8, 4) is 11.5 Å². The molecule has 0 spiro atoms. The Labute approximate surface area is 153 Å². The zero-order chi connectivity index (χ0) is 18.6. The standard InChI is InChI=1S/C17H17BrN2O5/c1-10(2)25-15-7-4-11(18)8-13(15)17(21)19-14-6-5-12(20(22)23)9-16(14)24-3/h4-10H,1-3H3,(H,19,21). The number of ether oxygens (including phenoxy) is 2. The number of nitrogens with one attached hydrogen (secondary N) is 1. The first-order valence-electron chi connectivity index (χ1n) is 7.41. The largest absolute Gasteiger partial charge is 0.494 e. The van der Waals surface area contributed by atoms with E-state index in [0.29, 0.717) is 17.0 Å². The maximum atomic E-state index is 12.7. The summed E-state index contributed by atoms with van der Waals surface area (Å²) in [6, 6.07) is 9.10. The van der Waals surface area contributed by atoms with Crippen LogP contribution in [0.4, 0.5) is 11.4 Å². The molecule has 7 nitrogen and oxygen atoms in total. The molecule has 2 aromatic rings. The molecule has 0 saturated carbocycles. The first-order valence-corrected chi connectivity index (χ1v) is 8.21. The molecule has 0 atom stereocenters. The Hall–Kier alpha value is -2.61. The van der Waals surface area contributed by atoms with E-state index in [-0.39, 0.29) is 17.5 Å². The van der Waals surface area contributed by atoms with Crippen LogP contribution >= 0.6 is 15.9 Å². The summed E-state index contributed by atoms with van der Waals surface area (Å²) in [5.41, 5.74) is 0.540. The fraction of sp³-hybridized carbons (Fsp3) is 0.235. The number of non-ortho nitro benzene ring substituents is 1. The van der Waals surface area contributed by atoms with Gasteiger partial charge in [0.1, 0.15) is 11.5 Å². The maximum absolute atomic E-state index is 12.7. The number of benzene rings is 2. The third kappa shape index (κ3) is 4.69. The van der Waals surface area contributed by atoms with Crippen molar-refractivity contribution in [3.05, 3.63) is 56.5 Å². The van der Waals surface area contributed by atoms with E-state index in [2.05, 4.69) is 21.2 Å². The number of carbonyl (C=O) groups is 1. The van der Waals surface area contributed by atoms with Crippen LogP contribution in [0.3, 0.4) is 0 Å². The van der Waals surface area contributed by atoms with Crippen molar-refractivity contribution in [1.82, 2.24) is 0 Å². The van der Waals surface area contributed by atoms with Crippen molar-refractivity contribution < 1.29 is 19.2 Å². The Morgan fingerprint density at radius 3 is 2.52 bits per heavy atom. The highest BCUT2D eigenvalue weighted by molar-refractivity contribution is 9.10. The molecule has 0 aliphatic heterocycles. The Bertz CT molecular complexity index is 808. The van der Waals surface area contributed by atoms with Gasteiger partial charge in [0, 0.05) is 10.5 Å². The Morgan fingerprint density at radius 1 is 1.20 bits per heavy atom. The van der Waals surface area contributed by atoms with Gasteiger partial charge in [0.25, 0.3) is 11.6 Å². The van der Waals surface area contributed by atoms with Crippen molar-refractivity contribution in [1.29, 1.82) is 0 Å². The summed E-state index contributed by atoms with van der Waals surface area (Å²) in [4.78, 5) is 23.0. The Kier molecular flexibility index (Phi) is 5.97. The van der Waals surface area contributed by atoms with E-state index >= 15 is 0 Å². The maximum Gasteiger partial charge on any atom is 0.273 e. The number of halogens is 1. The van der Waals surface area contributed by atoms with Gasteiger partial charge < -0.3 is 14.8 Å². The van der Waals surface area contributed by atoms with Crippen molar-refractivity contribution >= 4 is 33.2 Å². The lowest BCUT2D eigenvalue weighted by molar-refractivity contribution is -0.384. The average molecular weight is 409 g/mol. The van der Waals surface area contributed by atoms with E-state index in [0.717, 1.165) is 4.47 Å². The number of nitro groups is 1. The van der Waals surface area contributed by atoms with Crippen LogP contribution in [-0.4, -0.2) is 24.0 Å². The number of methoxy groups -OCH3 is 1. The minimum Gasteiger partial charge on any atom is -0.494 e. The summed E-state index contributed by atoms with van der Waals surface area (Å²) >= 11 is 3.33. The lowest BCUT2D eigenvalue weighted by Gasteiger charge is -2.15. The van der Waals surface area contributed by atoms with Gasteiger partial charge >= 0.3 is 0 Å². The van der Waals surface area contributed by atoms with Crippen molar-refractivity contribution in [2.24, 2.45) is 0 Å². The van der Waals surface area contributed by atoms with Gasteiger partial charge in [0.2, 0.25) is 0 Å². The number of amides is 1. The molecule has 1 N–H and O–H groups in total. The second kappa shape index (κ2) is 7.98. The Balaban J connectivity index is 2.34. The first-order chi connectivity index (χ1) is 11.8. The number of anilines is 1. The molecule has 2 aromatic carbocycles. The van der Waals surface area contributed by atoms with Crippen molar-refractivity contribution in [3.63, 3.8) is 0 Å². The molecule has 25 heavy (non-hydrogen) atoms. The zero-order valence-corrected chi connectivity index (χ0v) is 15.5. The molecule has 1 amide bonds. The normalized spacial score (nSPS) is 10.4. The van der Waals surface area contributed by atoms with E-state index in [1.807, 2.05) is 13.8 Å². The minimum atomic E-state index is -0.531. The molecule has 132 valence electrons. The molecule has 0 radical (unpaired) electrons. The van der Waals surface area contributed by atoms with E-state index in [4.69, 9.17) is 9.47 Å². The molecule has 2 rings (SSSR count). The molecular weight excluding hydrogens is 392 g/mol. The fourth-order valence-electron chi connectivity index (χ4n) is 2.12. The third-order valence-electron chi connectivity index (χ3n) is 3.19. The first kappa shape index (κ1) is 18.7. The van der Waals surface area contributed by atoms with Crippen LogP contribution in [0, 0.1) is 10.1 Å². The van der Waals surface area contributed by atoms with E-state index in [9.17, 15) is 14.9 Å². The molecule has 0 saturated heterocycles. The summed E-state index contributed by atoms with van der Waals surface area (Å²) in [7, 11) is 1.38. The highest BCUT2D eigenvalue weighted by atomic mass is 79.9. The minimum absolute atomic E-state index is 0.0957. The van der Waals surface area contributed by atoms with Crippen LogP contribution in [0.25, 0.3) is 0 Å². The molecule has 0 aliphatic carbocycles. The van der Waals surface area contributed by atoms with Gasteiger partial charge in [-0.05, 0) is 38.1 Å². The van der Waals surface area contributed by atoms with E-state index in [1.54, 1.807) is 18.2 Å². The predicted octanol–water partition coefficient (Wildman–Crippen LogP) is 4.41. The van der Waals surface area contributed by atoms with Crippen molar-refractivity contribution in [2.75, 3.05) is 12.4 Å². The third-order valence-corrected chi connectivity index (χ3v) is 3.69. The molecule has 0 unspecified atom stereocenters. The topological polar surface area (TPSA) is 90.7 Å². The summed E-state index contributed by atoms with van der Waals surface area (Å²) < 4.78 is 11.5. The second-order valence-electron chi connectivity index (χ2n) is 5.40. The van der Waals surface area contributed by atoms with Crippen LogP contribution in [-0.2, 0) is 0 Å². The molecule has 0 aliphatic rings. The number of hydrogen-bond acceptors (Lipinski definition) is 5. The van der Waals surface area contributed by atoms with Crippen molar-refractivity contribution in [2.45, 2.75) is 20.0 Å². The number of rotatable bonds is 6. The second-order valence-corrected chi connectivity index (χ2v) is 6.32. The van der Waals surface area contributed by atoms with Gasteiger partial charge in [0.15, 0.2) is 0 Å². The van der Waals surface area contributed by atoms with Gasteiger partial charge in [-0.1, -0.05) is 15.9 Å². The highest BCUT2D eigenvalue weighted by Gasteiger charge is 2.18. The molecule has 8 heteroatoms. The average Bonchev–Trinajstić information content (AvgIpc) is 2.56. The predicted molar refractivity (Wildman–Crippen MR) is 97.5 cm³/mol. The lowest BCUT2D eigenvalue weighted by Crippen LogP contribution is -2.16. The monoisotopic (exact) mass is 408 g/mol. The van der Waals surface area contributed by atoms with Crippen LogP contribution < -0.4 is 14.8 Å². The van der Waals surface area contributed by atoms with Gasteiger partial charge in [-0.2, -0.15) is 0 Å². The lowest BCUT2D eigenvalue weighted by atomic mass is 10.1. The van der Waals surface area contributed by atoms with Crippen LogP contribution in [0.15, 0.2) is 40.9 Å². The SMILES string of the molecule is COc1cc([N+](=O)[O-])ccc1NC(=O)c1cc(Br)ccc1OC(C)C. The Morgan fingerprint density at radius 2 is 1.92 bits per heavy atom. The fourth-order valence-corrected chi connectivity index (χ4v) is 2.48. The number of carbonyl (C=O) groups excluding carboxylic acids is 1. The van der Waals surface area contributed by atoms with E-state index < -0.39 is 10.8 Å². The van der Waals surface area contributed by atoms with Crippen LogP contribution in [0.2, 0.25) is 0 Å². The molecule has 0 aromatic heterocycles. The van der Waals surface area contributed by atoms with Gasteiger partial charge in [-0.3, -0.25) is 14.9 Å². The molecule has 0 fully saturated rings.